The molecule has 0 aliphatic carbocycles. The van der Waals surface area contributed by atoms with Crippen LogP contribution in [0.2, 0.25) is 0 Å². The maximum absolute atomic E-state index is 12.8. The molecule has 134 valence electrons. The van der Waals surface area contributed by atoms with Gasteiger partial charge in [0.1, 0.15) is 22.6 Å². The fraction of sp³-hybridized carbons (Fsp3) is 0.286. The third-order valence-electron chi connectivity index (χ3n) is 5.01. The van der Waals surface area contributed by atoms with Gasteiger partial charge in [-0.2, -0.15) is 0 Å². The van der Waals surface area contributed by atoms with Crippen molar-refractivity contribution < 1.29 is 14.3 Å². The Hall–Kier alpha value is -2.79. The topological polar surface area (TPSA) is 62.9 Å². The summed E-state index contributed by atoms with van der Waals surface area (Å²) in [5, 5.41) is 11.5. The van der Waals surface area contributed by atoms with E-state index in [1.165, 1.54) is 0 Å². The molecule has 3 aromatic rings. The van der Waals surface area contributed by atoms with Crippen LogP contribution in [0.5, 0.6) is 11.5 Å². The lowest BCUT2D eigenvalue weighted by molar-refractivity contribution is 0.269. The van der Waals surface area contributed by atoms with Crippen LogP contribution in [-0.4, -0.2) is 30.2 Å². The van der Waals surface area contributed by atoms with Crippen molar-refractivity contribution >= 4 is 11.0 Å². The molecule has 0 radical (unpaired) electrons. The van der Waals surface area contributed by atoms with Crippen molar-refractivity contribution in [3.63, 3.8) is 0 Å². The normalized spacial score (nSPS) is 16.0. The third kappa shape index (κ3) is 2.84. The highest BCUT2D eigenvalue weighted by Crippen LogP contribution is 2.38. The van der Waals surface area contributed by atoms with Crippen molar-refractivity contribution in [2.45, 2.75) is 18.9 Å². The van der Waals surface area contributed by atoms with Crippen LogP contribution < -0.4 is 10.4 Å². The quantitative estimate of drug-likeness (QED) is 0.726. The summed E-state index contributed by atoms with van der Waals surface area (Å²) in [6.45, 7) is 1.74. The summed E-state index contributed by atoms with van der Waals surface area (Å²) in [6, 6.07) is 14.3. The van der Waals surface area contributed by atoms with Crippen molar-refractivity contribution in [3.05, 3.63) is 70.1 Å². The van der Waals surface area contributed by atoms with Gasteiger partial charge in [-0.05, 0) is 55.8 Å². The molecule has 4 rings (SSSR count). The van der Waals surface area contributed by atoms with Gasteiger partial charge >= 0.3 is 5.63 Å². The summed E-state index contributed by atoms with van der Waals surface area (Å²) in [7, 11) is 1.62. The fourth-order valence-electron chi connectivity index (χ4n) is 3.76. The molecule has 2 heterocycles. The number of likely N-dealkylation sites (tertiary alicyclic amines) is 1. The van der Waals surface area contributed by atoms with Crippen LogP contribution in [0.3, 0.4) is 0 Å². The van der Waals surface area contributed by atoms with Crippen LogP contribution in [0, 0.1) is 0 Å². The Labute approximate surface area is 151 Å². The molecule has 1 N–H and O–H groups in total. The van der Waals surface area contributed by atoms with Gasteiger partial charge in [0.05, 0.1) is 18.5 Å². The first kappa shape index (κ1) is 16.7. The van der Waals surface area contributed by atoms with Gasteiger partial charge in [-0.1, -0.05) is 24.3 Å². The Balaban J connectivity index is 1.94. The van der Waals surface area contributed by atoms with E-state index < -0.39 is 5.63 Å². The minimum atomic E-state index is -0.499. The van der Waals surface area contributed by atoms with E-state index in [9.17, 15) is 9.90 Å². The summed E-state index contributed by atoms with van der Waals surface area (Å²) in [4.78, 5) is 15.0. The number of nitrogens with zero attached hydrogens (tertiary/aromatic N) is 1. The highest BCUT2D eigenvalue weighted by molar-refractivity contribution is 5.84. The van der Waals surface area contributed by atoms with Crippen LogP contribution >= 0.6 is 0 Å². The van der Waals surface area contributed by atoms with Crippen LogP contribution in [0.15, 0.2) is 57.7 Å². The van der Waals surface area contributed by atoms with Gasteiger partial charge in [-0.15, -0.1) is 0 Å². The first-order valence-corrected chi connectivity index (χ1v) is 8.82. The summed E-state index contributed by atoms with van der Waals surface area (Å²) in [6.07, 6.45) is 2.14. The van der Waals surface area contributed by atoms with Crippen LogP contribution in [-0.2, 0) is 0 Å². The molecule has 1 saturated heterocycles. The molecule has 0 spiro atoms. The molecular formula is C21H21NO4. The van der Waals surface area contributed by atoms with Crippen molar-refractivity contribution in [2.75, 3.05) is 20.2 Å². The number of fused-ring (bicyclic) bond motifs is 1. The number of hydrogen-bond acceptors (Lipinski definition) is 5. The van der Waals surface area contributed by atoms with E-state index in [0.717, 1.165) is 37.2 Å². The Morgan fingerprint density at radius 2 is 1.88 bits per heavy atom. The van der Waals surface area contributed by atoms with Gasteiger partial charge in [-0.3, -0.25) is 4.90 Å². The first-order chi connectivity index (χ1) is 12.7. The number of hydrogen-bond donors (Lipinski definition) is 1. The van der Waals surface area contributed by atoms with E-state index in [1.54, 1.807) is 25.3 Å². The number of ether oxygens (including phenoxy) is 1. The molecule has 26 heavy (non-hydrogen) atoms. The fourth-order valence-corrected chi connectivity index (χ4v) is 3.76. The average Bonchev–Trinajstić information content (AvgIpc) is 3.19. The summed E-state index contributed by atoms with van der Waals surface area (Å²) >= 11 is 0. The molecule has 0 amide bonds. The zero-order valence-electron chi connectivity index (χ0n) is 14.6. The molecule has 1 unspecified atom stereocenters. The number of methoxy groups -OCH3 is 1. The number of para-hydroxylation sites is 1. The van der Waals surface area contributed by atoms with E-state index in [1.807, 2.05) is 30.3 Å². The lowest BCUT2D eigenvalue weighted by atomic mass is 9.96. The molecule has 0 saturated carbocycles. The molecule has 1 aliphatic rings. The molecular weight excluding hydrogens is 330 g/mol. The molecule has 5 nitrogen and oxygen atoms in total. The SMILES string of the molecule is COc1cccc(C(c2c(O)c3ccccc3oc2=O)N2CCCC2)c1. The number of rotatable bonds is 4. The molecule has 1 fully saturated rings. The van der Waals surface area contributed by atoms with Crippen molar-refractivity contribution in [2.24, 2.45) is 0 Å². The molecule has 1 aliphatic heterocycles. The Morgan fingerprint density at radius 1 is 1.12 bits per heavy atom. The number of aromatic hydroxyl groups is 1. The van der Waals surface area contributed by atoms with E-state index in [-0.39, 0.29) is 11.8 Å². The third-order valence-corrected chi connectivity index (χ3v) is 5.01. The lowest BCUT2D eigenvalue weighted by Gasteiger charge is -2.28. The smallest absolute Gasteiger partial charge is 0.345 e. The summed E-state index contributed by atoms with van der Waals surface area (Å²) in [5.74, 6) is 0.716. The average molecular weight is 351 g/mol. The van der Waals surface area contributed by atoms with Gasteiger partial charge in [0.2, 0.25) is 0 Å². The minimum Gasteiger partial charge on any atom is -0.507 e. The molecule has 2 aromatic carbocycles. The van der Waals surface area contributed by atoms with Gasteiger partial charge in [0.15, 0.2) is 0 Å². The van der Waals surface area contributed by atoms with Gasteiger partial charge in [0, 0.05) is 0 Å². The largest absolute Gasteiger partial charge is 0.507 e. The van der Waals surface area contributed by atoms with Crippen molar-refractivity contribution in [3.8, 4) is 11.5 Å². The highest BCUT2D eigenvalue weighted by atomic mass is 16.5. The lowest BCUT2D eigenvalue weighted by Crippen LogP contribution is -2.30. The second kappa shape index (κ2) is 6.84. The van der Waals surface area contributed by atoms with E-state index >= 15 is 0 Å². The van der Waals surface area contributed by atoms with Gasteiger partial charge < -0.3 is 14.3 Å². The highest BCUT2D eigenvalue weighted by Gasteiger charge is 2.31. The van der Waals surface area contributed by atoms with Crippen LogP contribution in [0.25, 0.3) is 11.0 Å². The van der Waals surface area contributed by atoms with E-state index in [4.69, 9.17) is 9.15 Å². The Morgan fingerprint density at radius 3 is 2.65 bits per heavy atom. The first-order valence-electron chi connectivity index (χ1n) is 8.82. The molecule has 0 bridgehead atoms. The Bertz CT molecular complexity index is 989. The van der Waals surface area contributed by atoms with Crippen LogP contribution in [0.4, 0.5) is 0 Å². The zero-order valence-corrected chi connectivity index (χ0v) is 14.6. The molecule has 5 heteroatoms. The van der Waals surface area contributed by atoms with Crippen molar-refractivity contribution in [1.29, 1.82) is 0 Å². The minimum absolute atomic E-state index is 0.00318. The zero-order chi connectivity index (χ0) is 18.1. The predicted molar refractivity (Wildman–Crippen MR) is 99.8 cm³/mol. The predicted octanol–water partition coefficient (Wildman–Crippen LogP) is 3.69. The van der Waals surface area contributed by atoms with E-state index in [2.05, 4.69) is 4.90 Å². The maximum Gasteiger partial charge on any atom is 0.345 e. The second-order valence-electron chi connectivity index (χ2n) is 6.57. The van der Waals surface area contributed by atoms with Gasteiger partial charge in [-0.25, -0.2) is 4.79 Å². The summed E-state index contributed by atoms with van der Waals surface area (Å²) < 4.78 is 10.9. The molecule has 1 atom stereocenters. The van der Waals surface area contributed by atoms with E-state index in [0.29, 0.717) is 16.5 Å². The standard InChI is InChI=1S/C21H21NO4/c1-25-15-8-6-7-14(13-15)19(22-11-4-5-12-22)18-20(23)16-9-2-3-10-17(16)26-21(18)24/h2-3,6-10,13,19,23H,4-5,11-12H2,1H3. The second-order valence-corrected chi connectivity index (χ2v) is 6.57. The maximum atomic E-state index is 12.8. The van der Waals surface area contributed by atoms with Gasteiger partial charge in [0.25, 0.3) is 0 Å². The monoisotopic (exact) mass is 351 g/mol. The summed E-state index contributed by atoms with van der Waals surface area (Å²) in [5.41, 5.74) is 1.09. The number of benzene rings is 2. The Kier molecular flexibility index (Phi) is 4.39. The van der Waals surface area contributed by atoms with Crippen LogP contribution in [0.1, 0.15) is 30.0 Å². The van der Waals surface area contributed by atoms with Crippen molar-refractivity contribution in [1.82, 2.24) is 4.90 Å². The molecule has 1 aromatic heterocycles.